The first kappa shape index (κ1) is 20.6. The van der Waals surface area contributed by atoms with Crippen LogP contribution in [-0.4, -0.2) is 47.1 Å². The summed E-state index contributed by atoms with van der Waals surface area (Å²) in [6.07, 6.45) is -0.360. The van der Waals surface area contributed by atoms with Crippen molar-refractivity contribution in [2.24, 2.45) is 0 Å². The molecule has 2 aromatic heterocycles. The summed E-state index contributed by atoms with van der Waals surface area (Å²) in [7, 11) is 1.20. The van der Waals surface area contributed by atoms with Crippen LogP contribution in [0.2, 0.25) is 0 Å². The van der Waals surface area contributed by atoms with Crippen molar-refractivity contribution < 1.29 is 23.9 Å². The number of thiophene rings is 1. The first-order valence-corrected chi connectivity index (χ1v) is 8.90. The quantitative estimate of drug-likeness (QED) is 0.725. The summed E-state index contributed by atoms with van der Waals surface area (Å²) in [6.45, 7) is 6.55. The van der Waals surface area contributed by atoms with Crippen LogP contribution >= 0.6 is 11.3 Å². The first-order chi connectivity index (χ1) is 12.5. The molecule has 0 aromatic carbocycles. The lowest BCUT2D eigenvalue weighted by Gasteiger charge is -2.20. The molecular weight excluding hydrogens is 374 g/mol. The molecule has 0 saturated heterocycles. The number of carbonyl (C=O) groups excluding carboxylic acids is 3. The molecule has 1 amide bonds. The van der Waals surface area contributed by atoms with Crippen molar-refractivity contribution in [1.82, 2.24) is 15.3 Å². The van der Waals surface area contributed by atoms with E-state index in [0.717, 1.165) is 11.3 Å². The number of aromatic amines is 1. The van der Waals surface area contributed by atoms with Gasteiger partial charge in [0.15, 0.2) is 6.61 Å². The Hall–Kier alpha value is -2.75. The molecule has 0 bridgehead atoms. The number of rotatable bonds is 5. The highest BCUT2D eigenvalue weighted by Gasteiger charge is 2.25. The number of hydrogen-bond donors (Lipinski definition) is 2. The number of ether oxygens (including phenoxy) is 2. The third-order valence-corrected chi connectivity index (χ3v) is 4.46. The molecule has 9 nitrogen and oxygen atoms in total. The molecule has 0 atom stereocenters. The predicted molar refractivity (Wildman–Crippen MR) is 98.9 cm³/mol. The number of hydrogen-bond acceptors (Lipinski definition) is 8. The van der Waals surface area contributed by atoms with E-state index in [0.29, 0.717) is 10.7 Å². The number of aromatic nitrogens is 2. The highest BCUT2D eigenvalue weighted by molar-refractivity contribution is 7.20. The number of fused-ring (bicyclic) bond motifs is 1. The topological polar surface area (TPSA) is 127 Å². The van der Waals surface area contributed by atoms with Crippen LogP contribution in [0.25, 0.3) is 10.2 Å². The molecule has 2 rings (SSSR count). The van der Waals surface area contributed by atoms with Gasteiger partial charge >= 0.3 is 11.9 Å². The zero-order valence-corrected chi connectivity index (χ0v) is 16.5. The van der Waals surface area contributed by atoms with Gasteiger partial charge in [-0.3, -0.25) is 14.4 Å². The maximum absolute atomic E-state index is 12.3. The van der Waals surface area contributed by atoms with Gasteiger partial charge in [-0.05, 0) is 27.7 Å². The van der Waals surface area contributed by atoms with E-state index in [1.54, 1.807) is 27.7 Å². The molecule has 0 aliphatic heterocycles. The second kappa shape index (κ2) is 7.87. The first-order valence-electron chi connectivity index (χ1n) is 8.09. The second-order valence-corrected chi connectivity index (χ2v) is 7.87. The number of methoxy groups -OCH3 is 1. The van der Waals surface area contributed by atoms with Gasteiger partial charge in [-0.2, -0.15) is 0 Å². The van der Waals surface area contributed by atoms with E-state index >= 15 is 0 Å². The van der Waals surface area contributed by atoms with E-state index in [1.807, 2.05) is 0 Å². The van der Waals surface area contributed by atoms with Crippen molar-refractivity contribution >= 4 is 39.4 Å². The van der Waals surface area contributed by atoms with Crippen LogP contribution in [0.15, 0.2) is 4.79 Å². The molecule has 10 heteroatoms. The van der Waals surface area contributed by atoms with Gasteiger partial charge in [0, 0.05) is 11.1 Å². The number of nitrogens with one attached hydrogen (secondary N) is 2. The highest BCUT2D eigenvalue weighted by atomic mass is 32.1. The van der Waals surface area contributed by atoms with Gasteiger partial charge in [0.2, 0.25) is 0 Å². The Bertz CT molecular complexity index is 954. The molecule has 0 saturated carbocycles. The smallest absolute Gasteiger partial charge is 0.348 e. The van der Waals surface area contributed by atoms with Crippen LogP contribution < -0.4 is 10.9 Å². The molecule has 0 unspecified atom stereocenters. The molecule has 146 valence electrons. The fraction of sp³-hybridized carbons (Fsp3) is 0.471. The third kappa shape index (κ3) is 5.13. The Morgan fingerprint density at radius 2 is 1.93 bits per heavy atom. The van der Waals surface area contributed by atoms with Gasteiger partial charge in [0.1, 0.15) is 15.5 Å². The Kier molecular flexibility index (Phi) is 5.99. The van der Waals surface area contributed by atoms with Crippen molar-refractivity contribution in [2.45, 2.75) is 39.7 Å². The van der Waals surface area contributed by atoms with E-state index in [2.05, 4.69) is 15.3 Å². The summed E-state index contributed by atoms with van der Waals surface area (Å²) in [6, 6.07) is 0. The SMILES string of the molecule is COC(=O)c1sc2nc(C)[nH]c(=O)c2c1CC(=O)OCC(=O)NC(C)(C)C. The molecule has 0 aliphatic carbocycles. The zero-order chi connectivity index (χ0) is 20.4. The van der Waals surface area contributed by atoms with Crippen LogP contribution in [0.4, 0.5) is 0 Å². The summed E-state index contributed by atoms with van der Waals surface area (Å²) in [4.78, 5) is 55.4. The predicted octanol–water partition coefficient (Wildman–Crippen LogP) is 1.08. The minimum Gasteiger partial charge on any atom is -0.465 e. The molecule has 0 spiro atoms. The fourth-order valence-electron chi connectivity index (χ4n) is 2.39. The van der Waals surface area contributed by atoms with Crippen LogP contribution in [0.3, 0.4) is 0 Å². The summed E-state index contributed by atoms with van der Waals surface area (Å²) in [5.41, 5.74) is -0.740. The minimum absolute atomic E-state index is 0.104. The van der Waals surface area contributed by atoms with Gasteiger partial charge in [0.05, 0.1) is 18.9 Å². The maximum Gasteiger partial charge on any atom is 0.348 e. The minimum atomic E-state index is -0.746. The van der Waals surface area contributed by atoms with Gasteiger partial charge < -0.3 is 19.8 Å². The lowest BCUT2D eigenvalue weighted by atomic mass is 10.1. The number of esters is 2. The Morgan fingerprint density at radius 3 is 2.52 bits per heavy atom. The summed E-state index contributed by atoms with van der Waals surface area (Å²) in [5, 5.41) is 2.80. The van der Waals surface area contributed by atoms with Crippen molar-refractivity contribution in [3.8, 4) is 0 Å². The Balaban J connectivity index is 2.26. The van der Waals surface area contributed by atoms with Crippen LogP contribution in [0, 0.1) is 6.92 Å². The Labute approximate surface area is 159 Å². The molecule has 2 N–H and O–H groups in total. The van der Waals surface area contributed by atoms with Crippen molar-refractivity contribution in [3.63, 3.8) is 0 Å². The Morgan fingerprint density at radius 1 is 1.26 bits per heavy atom. The van der Waals surface area contributed by atoms with E-state index in [4.69, 9.17) is 9.47 Å². The van der Waals surface area contributed by atoms with Gasteiger partial charge in [-0.15, -0.1) is 11.3 Å². The van der Waals surface area contributed by atoms with E-state index in [1.165, 1.54) is 7.11 Å². The maximum atomic E-state index is 12.3. The lowest BCUT2D eigenvalue weighted by Crippen LogP contribution is -2.42. The van der Waals surface area contributed by atoms with Crippen molar-refractivity contribution in [2.75, 3.05) is 13.7 Å². The number of aryl methyl sites for hydroxylation is 1. The molecule has 27 heavy (non-hydrogen) atoms. The van der Waals surface area contributed by atoms with Gasteiger partial charge in [-0.25, -0.2) is 9.78 Å². The van der Waals surface area contributed by atoms with E-state index < -0.39 is 35.6 Å². The number of H-pyrrole nitrogens is 1. The molecule has 2 heterocycles. The van der Waals surface area contributed by atoms with E-state index in [9.17, 15) is 19.2 Å². The highest BCUT2D eigenvalue weighted by Crippen LogP contribution is 2.29. The molecule has 0 radical (unpaired) electrons. The molecule has 0 aliphatic rings. The van der Waals surface area contributed by atoms with Gasteiger partial charge in [0.25, 0.3) is 11.5 Å². The largest absolute Gasteiger partial charge is 0.465 e. The average molecular weight is 395 g/mol. The standard InChI is InChI=1S/C17H21N3O6S/c1-8-18-14(23)12-9(13(16(24)25-5)27-15(12)19-8)6-11(22)26-7-10(21)20-17(2,3)4/h6-7H2,1-5H3,(H,20,21)(H,18,19,23). The van der Waals surface area contributed by atoms with Crippen molar-refractivity contribution in [1.29, 1.82) is 0 Å². The fourth-order valence-corrected chi connectivity index (χ4v) is 3.55. The average Bonchev–Trinajstić information content (AvgIpc) is 2.89. The van der Waals surface area contributed by atoms with Crippen LogP contribution in [0.1, 0.15) is 41.8 Å². The van der Waals surface area contributed by atoms with Crippen LogP contribution in [0.5, 0.6) is 0 Å². The molecule has 2 aromatic rings. The summed E-state index contributed by atoms with van der Waals surface area (Å²) in [5.74, 6) is -1.49. The number of amides is 1. The third-order valence-electron chi connectivity index (χ3n) is 3.35. The number of nitrogens with zero attached hydrogens (tertiary/aromatic N) is 1. The second-order valence-electron chi connectivity index (χ2n) is 6.87. The lowest BCUT2D eigenvalue weighted by molar-refractivity contribution is -0.148. The van der Waals surface area contributed by atoms with E-state index in [-0.39, 0.29) is 22.2 Å². The molecule has 0 fully saturated rings. The monoisotopic (exact) mass is 395 g/mol. The molecular formula is C17H21N3O6S. The normalized spacial score (nSPS) is 11.3. The number of carbonyl (C=O) groups is 3. The van der Waals surface area contributed by atoms with Crippen LogP contribution in [-0.2, 0) is 25.5 Å². The summed E-state index contributed by atoms with van der Waals surface area (Å²) >= 11 is 0.966. The summed E-state index contributed by atoms with van der Waals surface area (Å²) < 4.78 is 9.70. The van der Waals surface area contributed by atoms with Crippen molar-refractivity contribution in [3.05, 3.63) is 26.6 Å². The zero-order valence-electron chi connectivity index (χ0n) is 15.7. The van der Waals surface area contributed by atoms with Gasteiger partial charge in [-0.1, -0.05) is 0 Å².